The largest absolute Gasteiger partial charge is 0.0850 e. The van der Waals surface area contributed by atoms with Crippen molar-refractivity contribution >= 4 is 0 Å². The summed E-state index contributed by atoms with van der Waals surface area (Å²) in [5.41, 5.74) is 1.68. The van der Waals surface area contributed by atoms with Crippen LogP contribution in [-0.4, -0.2) is 0 Å². The van der Waals surface area contributed by atoms with E-state index in [1.54, 1.807) is 5.57 Å². The van der Waals surface area contributed by atoms with Crippen LogP contribution in [0.4, 0.5) is 0 Å². The van der Waals surface area contributed by atoms with E-state index < -0.39 is 0 Å². The summed E-state index contributed by atoms with van der Waals surface area (Å²) in [6, 6.07) is 0. The molecule has 0 bridgehead atoms. The van der Waals surface area contributed by atoms with Gasteiger partial charge in [-0.25, -0.2) is 0 Å². The zero-order chi connectivity index (χ0) is 8.72. The Balaban J connectivity index is 2.09. The lowest BCUT2D eigenvalue weighted by molar-refractivity contribution is 0.167. The molecule has 4 unspecified atom stereocenters. The molecule has 0 heterocycles. The van der Waals surface area contributed by atoms with Crippen molar-refractivity contribution in [2.75, 3.05) is 0 Å². The van der Waals surface area contributed by atoms with Crippen LogP contribution in [0.1, 0.15) is 40.0 Å². The Morgan fingerprint density at radius 3 is 2.58 bits per heavy atom. The molecule has 1 fully saturated rings. The van der Waals surface area contributed by atoms with Crippen LogP contribution in [0.3, 0.4) is 0 Å². The minimum atomic E-state index is 0.952. The maximum Gasteiger partial charge on any atom is -0.0172 e. The van der Waals surface area contributed by atoms with Gasteiger partial charge in [0.15, 0.2) is 0 Å². The fraction of sp³-hybridized carbons (Fsp3) is 0.833. The molecule has 0 N–H and O–H groups in total. The fourth-order valence-electron chi connectivity index (χ4n) is 3.01. The first-order valence-electron chi connectivity index (χ1n) is 5.35. The molecular formula is C12H20. The predicted molar refractivity (Wildman–Crippen MR) is 52.9 cm³/mol. The number of rotatable bonds is 0. The SMILES string of the molecule is CC1=CCC2CC(C)C(C)CC12. The summed E-state index contributed by atoms with van der Waals surface area (Å²) in [5, 5.41) is 0. The summed E-state index contributed by atoms with van der Waals surface area (Å²) in [5.74, 6) is 3.88. The van der Waals surface area contributed by atoms with Gasteiger partial charge in [0.1, 0.15) is 0 Å². The Morgan fingerprint density at radius 1 is 1.17 bits per heavy atom. The van der Waals surface area contributed by atoms with Crippen molar-refractivity contribution in [2.45, 2.75) is 40.0 Å². The number of fused-ring (bicyclic) bond motifs is 1. The van der Waals surface area contributed by atoms with Gasteiger partial charge in [0.2, 0.25) is 0 Å². The van der Waals surface area contributed by atoms with E-state index >= 15 is 0 Å². The molecule has 4 atom stereocenters. The first-order valence-corrected chi connectivity index (χ1v) is 5.35. The molecule has 0 radical (unpaired) electrons. The summed E-state index contributed by atoms with van der Waals surface area (Å²) in [6.45, 7) is 7.18. The van der Waals surface area contributed by atoms with Crippen molar-refractivity contribution in [1.29, 1.82) is 0 Å². The van der Waals surface area contributed by atoms with E-state index in [1.165, 1.54) is 19.3 Å². The van der Waals surface area contributed by atoms with E-state index in [2.05, 4.69) is 26.8 Å². The third-order valence-corrected chi connectivity index (χ3v) is 4.17. The topological polar surface area (TPSA) is 0 Å². The summed E-state index contributed by atoms with van der Waals surface area (Å²) >= 11 is 0. The molecular weight excluding hydrogens is 144 g/mol. The zero-order valence-electron chi connectivity index (χ0n) is 8.51. The maximum atomic E-state index is 2.47. The Bertz CT molecular complexity index is 202. The van der Waals surface area contributed by atoms with Gasteiger partial charge < -0.3 is 0 Å². The van der Waals surface area contributed by atoms with Gasteiger partial charge >= 0.3 is 0 Å². The molecule has 0 aromatic carbocycles. The lowest BCUT2D eigenvalue weighted by Gasteiger charge is -2.36. The van der Waals surface area contributed by atoms with Crippen molar-refractivity contribution in [1.82, 2.24) is 0 Å². The van der Waals surface area contributed by atoms with Gasteiger partial charge in [-0.15, -0.1) is 0 Å². The fourth-order valence-corrected chi connectivity index (χ4v) is 3.01. The van der Waals surface area contributed by atoms with E-state index in [9.17, 15) is 0 Å². The third kappa shape index (κ3) is 1.22. The molecule has 2 aliphatic carbocycles. The van der Waals surface area contributed by atoms with Gasteiger partial charge in [-0.1, -0.05) is 25.5 Å². The molecule has 0 aromatic heterocycles. The average molecular weight is 164 g/mol. The molecule has 0 spiro atoms. The first-order chi connectivity index (χ1) is 5.68. The number of hydrogen-bond donors (Lipinski definition) is 0. The molecule has 68 valence electrons. The van der Waals surface area contributed by atoms with Crippen LogP contribution in [0.5, 0.6) is 0 Å². The standard InChI is InChI=1S/C12H20/c1-8-4-5-11-6-9(2)10(3)7-12(8)11/h4,9-12H,5-7H2,1-3H3. The summed E-state index contributed by atoms with van der Waals surface area (Å²) in [6.07, 6.45) is 6.77. The zero-order valence-corrected chi connectivity index (χ0v) is 8.51. The van der Waals surface area contributed by atoms with Crippen LogP contribution in [0.2, 0.25) is 0 Å². The second-order valence-electron chi connectivity index (χ2n) is 4.98. The highest BCUT2D eigenvalue weighted by Crippen LogP contribution is 2.46. The maximum absolute atomic E-state index is 2.47. The van der Waals surface area contributed by atoms with E-state index in [0.717, 1.165) is 23.7 Å². The first kappa shape index (κ1) is 8.34. The Kier molecular flexibility index (Phi) is 2.02. The van der Waals surface area contributed by atoms with Crippen molar-refractivity contribution in [3.8, 4) is 0 Å². The van der Waals surface area contributed by atoms with E-state index in [4.69, 9.17) is 0 Å². The highest BCUT2D eigenvalue weighted by molar-refractivity contribution is 5.14. The molecule has 2 rings (SSSR count). The van der Waals surface area contributed by atoms with Crippen LogP contribution < -0.4 is 0 Å². The molecule has 0 saturated heterocycles. The predicted octanol–water partition coefficient (Wildman–Crippen LogP) is 3.63. The van der Waals surface area contributed by atoms with Crippen molar-refractivity contribution in [3.63, 3.8) is 0 Å². The number of hydrogen-bond acceptors (Lipinski definition) is 0. The smallest absolute Gasteiger partial charge is 0.0172 e. The van der Waals surface area contributed by atoms with Crippen molar-refractivity contribution in [3.05, 3.63) is 11.6 Å². The Hall–Kier alpha value is -0.260. The Morgan fingerprint density at radius 2 is 1.83 bits per heavy atom. The summed E-state index contributed by atoms with van der Waals surface area (Å²) in [4.78, 5) is 0. The van der Waals surface area contributed by atoms with E-state index in [-0.39, 0.29) is 0 Å². The van der Waals surface area contributed by atoms with Crippen LogP contribution >= 0.6 is 0 Å². The quantitative estimate of drug-likeness (QED) is 0.479. The van der Waals surface area contributed by atoms with Gasteiger partial charge in [0.05, 0.1) is 0 Å². The second-order valence-corrected chi connectivity index (χ2v) is 4.98. The van der Waals surface area contributed by atoms with Gasteiger partial charge in [0.25, 0.3) is 0 Å². The summed E-state index contributed by atoms with van der Waals surface area (Å²) in [7, 11) is 0. The molecule has 0 aliphatic heterocycles. The van der Waals surface area contributed by atoms with Crippen molar-refractivity contribution in [2.24, 2.45) is 23.7 Å². The second kappa shape index (κ2) is 2.90. The van der Waals surface area contributed by atoms with Gasteiger partial charge in [0, 0.05) is 0 Å². The minimum absolute atomic E-state index is 0.952. The average Bonchev–Trinajstić information content (AvgIpc) is 2.35. The van der Waals surface area contributed by atoms with Gasteiger partial charge in [-0.2, -0.15) is 0 Å². The van der Waals surface area contributed by atoms with Crippen molar-refractivity contribution < 1.29 is 0 Å². The van der Waals surface area contributed by atoms with E-state index in [0.29, 0.717) is 0 Å². The van der Waals surface area contributed by atoms with Crippen LogP contribution in [0.15, 0.2) is 11.6 Å². The van der Waals surface area contributed by atoms with Gasteiger partial charge in [-0.05, 0) is 49.9 Å². The van der Waals surface area contributed by atoms with Crippen LogP contribution in [0, 0.1) is 23.7 Å². The molecule has 0 heteroatoms. The highest BCUT2D eigenvalue weighted by Gasteiger charge is 2.35. The lowest BCUT2D eigenvalue weighted by Crippen LogP contribution is -2.27. The van der Waals surface area contributed by atoms with E-state index in [1.807, 2.05) is 0 Å². The normalized spacial score (nSPS) is 47.1. The monoisotopic (exact) mass is 164 g/mol. The van der Waals surface area contributed by atoms with Crippen LogP contribution in [0.25, 0.3) is 0 Å². The highest BCUT2D eigenvalue weighted by atomic mass is 14.4. The molecule has 0 amide bonds. The molecule has 0 aromatic rings. The number of allylic oxidation sites excluding steroid dienone is 2. The third-order valence-electron chi connectivity index (χ3n) is 4.17. The Labute approximate surface area is 76.1 Å². The minimum Gasteiger partial charge on any atom is -0.0850 e. The molecule has 12 heavy (non-hydrogen) atoms. The summed E-state index contributed by atoms with van der Waals surface area (Å²) < 4.78 is 0. The molecule has 0 nitrogen and oxygen atoms in total. The molecule has 2 aliphatic rings. The lowest BCUT2D eigenvalue weighted by atomic mass is 9.69. The molecule has 1 saturated carbocycles. The van der Waals surface area contributed by atoms with Gasteiger partial charge in [-0.3, -0.25) is 0 Å². The van der Waals surface area contributed by atoms with Crippen LogP contribution in [-0.2, 0) is 0 Å².